The van der Waals surface area contributed by atoms with Gasteiger partial charge in [0.2, 0.25) is 0 Å². The van der Waals surface area contributed by atoms with Crippen LogP contribution in [0, 0.1) is 6.92 Å². The van der Waals surface area contributed by atoms with E-state index in [0.29, 0.717) is 21.9 Å². The van der Waals surface area contributed by atoms with E-state index in [4.69, 9.17) is 16.3 Å². The fourth-order valence-corrected chi connectivity index (χ4v) is 5.38. The smallest absolute Gasteiger partial charge is 0.263 e. The maximum absolute atomic E-state index is 12.4. The van der Waals surface area contributed by atoms with Crippen molar-refractivity contribution in [3.8, 4) is 5.75 Å². The molecule has 0 saturated heterocycles. The summed E-state index contributed by atoms with van der Waals surface area (Å²) in [6.07, 6.45) is 1.54. The minimum absolute atomic E-state index is 0.153. The van der Waals surface area contributed by atoms with Crippen molar-refractivity contribution in [2.75, 3.05) is 10.0 Å². The largest absolute Gasteiger partial charge is 0.487 e. The predicted octanol–water partition coefficient (Wildman–Crippen LogP) is 5.68. The van der Waals surface area contributed by atoms with Crippen LogP contribution in [0.5, 0.6) is 5.75 Å². The maximum Gasteiger partial charge on any atom is 0.263 e. The molecule has 0 aliphatic carbocycles. The summed E-state index contributed by atoms with van der Waals surface area (Å²) in [5.74, 6) is 0.759. The summed E-state index contributed by atoms with van der Waals surface area (Å²) in [5, 5.41) is 8.46. The lowest BCUT2D eigenvalue weighted by Gasteiger charge is -2.08. The standard InChI is InChI=1S/C20H17ClN4O3S3/c1-13-10-14(21)2-7-18(13)28-11-16-12-30-20(24-16)23-15-3-5-17(6-4-15)31(26,27)25-19-22-8-9-29-19/h2-10,12H,11H2,1H3,(H,22,25)(H,23,24). The summed E-state index contributed by atoms with van der Waals surface area (Å²) in [5.41, 5.74) is 2.47. The van der Waals surface area contributed by atoms with Gasteiger partial charge in [-0.25, -0.2) is 18.4 Å². The third-order valence-corrected chi connectivity index (χ3v) is 7.35. The van der Waals surface area contributed by atoms with Gasteiger partial charge >= 0.3 is 0 Å². The Bertz CT molecular complexity index is 1270. The summed E-state index contributed by atoms with van der Waals surface area (Å²) in [4.78, 5) is 8.60. The predicted molar refractivity (Wildman–Crippen MR) is 125 cm³/mol. The molecule has 11 heteroatoms. The van der Waals surface area contributed by atoms with E-state index in [1.54, 1.807) is 29.8 Å². The Morgan fingerprint density at radius 3 is 2.61 bits per heavy atom. The molecule has 160 valence electrons. The molecular formula is C20H17ClN4O3S3. The van der Waals surface area contributed by atoms with Crippen LogP contribution in [-0.2, 0) is 16.6 Å². The van der Waals surface area contributed by atoms with Gasteiger partial charge in [-0.2, -0.15) is 0 Å². The first-order valence-corrected chi connectivity index (χ1v) is 12.6. The zero-order chi connectivity index (χ0) is 21.8. The number of hydrogen-bond acceptors (Lipinski definition) is 8. The number of rotatable bonds is 8. The fourth-order valence-electron chi connectivity index (χ4n) is 2.65. The maximum atomic E-state index is 12.4. The average Bonchev–Trinajstić information content (AvgIpc) is 3.39. The molecule has 2 N–H and O–H groups in total. The van der Waals surface area contributed by atoms with Crippen LogP contribution >= 0.6 is 34.3 Å². The molecular weight excluding hydrogens is 476 g/mol. The van der Waals surface area contributed by atoms with Crippen LogP contribution in [0.25, 0.3) is 0 Å². The highest BCUT2D eigenvalue weighted by Gasteiger charge is 2.15. The summed E-state index contributed by atoms with van der Waals surface area (Å²) in [6, 6.07) is 11.9. The van der Waals surface area contributed by atoms with Crippen LogP contribution in [0.3, 0.4) is 0 Å². The molecule has 0 spiro atoms. The molecule has 0 fully saturated rings. The first-order chi connectivity index (χ1) is 14.9. The van der Waals surface area contributed by atoms with Gasteiger partial charge in [-0.1, -0.05) is 11.6 Å². The quantitative estimate of drug-likeness (QED) is 0.328. The van der Waals surface area contributed by atoms with Gasteiger partial charge in [0.15, 0.2) is 10.3 Å². The minimum atomic E-state index is -3.68. The zero-order valence-electron chi connectivity index (χ0n) is 16.2. The van der Waals surface area contributed by atoms with E-state index < -0.39 is 10.0 Å². The van der Waals surface area contributed by atoms with Crippen molar-refractivity contribution in [2.45, 2.75) is 18.4 Å². The highest BCUT2D eigenvalue weighted by Crippen LogP contribution is 2.26. The normalized spacial score (nSPS) is 11.3. The van der Waals surface area contributed by atoms with Crippen molar-refractivity contribution in [1.29, 1.82) is 0 Å². The molecule has 7 nitrogen and oxygen atoms in total. The Hall–Kier alpha value is -2.66. The molecule has 0 bridgehead atoms. The molecule has 0 aliphatic rings. The van der Waals surface area contributed by atoms with Crippen molar-refractivity contribution >= 4 is 60.2 Å². The number of nitrogens with zero attached hydrogens (tertiary/aromatic N) is 2. The Morgan fingerprint density at radius 2 is 1.90 bits per heavy atom. The fraction of sp³-hybridized carbons (Fsp3) is 0.100. The molecule has 4 aromatic rings. The molecule has 2 aromatic heterocycles. The Kier molecular flexibility index (Phi) is 6.42. The van der Waals surface area contributed by atoms with Gasteiger partial charge in [0.1, 0.15) is 12.4 Å². The average molecular weight is 493 g/mol. The summed E-state index contributed by atoms with van der Waals surface area (Å²) in [7, 11) is -3.68. The Morgan fingerprint density at radius 1 is 1.10 bits per heavy atom. The van der Waals surface area contributed by atoms with E-state index in [1.807, 2.05) is 24.4 Å². The van der Waals surface area contributed by atoms with Crippen LogP contribution in [0.15, 0.2) is 64.3 Å². The number of thiazole rings is 2. The number of anilines is 3. The number of halogens is 1. The van der Waals surface area contributed by atoms with Crippen molar-refractivity contribution < 1.29 is 13.2 Å². The lowest BCUT2D eigenvalue weighted by Crippen LogP contribution is -2.12. The molecule has 0 radical (unpaired) electrons. The van der Waals surface area contributed by atoms with E-state index in [1.165, 1.54) is 34.8 Å². The van der Waals surface area contributed by atoms with Crippen molar-refractivity contribution in [2.24, 2.45) is 0 Å². The van der Waals surface area contributed by atoms with E-state index in [-0.39, 0.29) is 4.90 Å². The van der Waals surface area contributed by atoms with Crippen LogP contribution in [0.2, 0.25) is 5.02 Å². The molecule has 2 aromatic carbocycles. The van der Waals surface area contributed by atoms with Crippen LogP contribution in [0.4, 0.5) is 16.0 Å². The summed E-state index contributed by atoms with van der Waals surface area (Å²) < 4.78 is 33.1. The van der Waals surface area contributed by atoms with Gasteiger partial charge in [0.25, 0.3) is 10.0 Å². The molecule has 2 heterocycles. The number of hydrogen-bond donors (Lipinski definition) is 2. The highest BCUT2D eigenvalue weighted by molar-refractivity contribution is 7.93. The first-order valence-electron chi connectivity index (χ1n) is 9.02. The SMILES string of the molecule is Cc1cc(Cl)ccc1OCc1csc(Nc2ccc(S(=O)(=O)Nc3nccs3)cc2)n1. The number of aromatic nitrogens is 2. The number of benzene rings is 2. The van der Waals surface area contributed by atoms with Crippen molar-refractivity contribution in [3.05, 3.63) is 75.7 Å². The molecule has 0 aliphatic heterocycles. The monoisotopic (exact) mass is 492 g/mol. The zero-order valence-corrected chi connectivity index (χ0v) is 19.4. The van der Waals surface area contributed by atoms with Gasteiger partial charge in [0.05, 0.1) is 10.6 Å². The van der Waals surface area contributed by atoms with Gasteiger partial charge in [-0.15, -0.1) is 22.7 Å². The molecule has 31 heavy (non-hydrogen) atoms. The van der Waals surface area contributed by atoms with Crippen LogP contribution < -0.4 is 14.8 Å². The van der Waals surface area contributed by atoms with Gasteiger partial charge in [-0.05, 0) is 55.0 Å². The number of sulfonamides is 1. The highest BCUT2D eigenvalue weighted by atomic mass is 35.5. The van der Waals surface area contributed by atoms with Gasteiger partial charge < -0.3 is 10.1 Å². The number of aryl methyl sites for hydroxylation is 1. The van der Waals surface area contributed by atoms with Crippen LogP contribution in [0.1, 0.15) is 11.3 Å². The first kappa shape index (κ1) is 21.6. The van der Waals surface area contributed by atoms with Gasteiger partial charge in [0, 0.05) is 27.7 Å². The lowest BCUT2D eigenvalue weighted by molar-refractivity contribution is 0.300. The van der Waals surface area contributed by atoms with E-state index in [9.17, 15) is 8.42 Å². The third kappa shape index (κ3) is 5.53. The Labute approximate surface area is 192 Å². The lowest BCUT2D eigenvalue weighted by atomic mass is 10.2. The second-order valence-corrected chi connectivity index (χ2v) is 10.3. The second-order valence-electron chi connectivity index (χ2n) is 6.43. The molecule has 0 amide bonds. The van der Waals surface area contributed by atoms with E-state index in [2.05, 4.69) is 20.0 Å². The minimum Gasteiger partial charge on any atom is -0.487 e. The van der Waals surface area contributed by atoms with Crippen molar-refractivity contribution in [3.63, 3.8) is 0 Å². The van der Waals surface area contributed by atoms with Crippen LogP contribution in [-0.4, -0.2) is 18.4 Å². The topological polar surface area (TPSA) is 93.2 Å². The molecule has 0 atom stereocenters. The number of nitrogens with one attached hydrogen (secondary N) is 2. The second kappa shape index (κ2) is 9.23. The Balaban J connectivity index is 1.37. The third-order valence-electron chi connectivity index (χ3n) is 4.13. The van der Waals surface area contributed by atoms with E-state index in [0.717, 1.165) is 22.7 Å². The number of ether oxygens (including phenoxy) is 1. The molecule has 4 rings (SSSR count). The molecule has 0 saturated carbocycles. The summed E-state index contributed by atoms with van der Waals surface area (Å²) >= 11 is 8.62. The summed E-state index contributed by atoms with van der Waals surface area (Å²) in [6.45, 7) is 2.27. The van der Waals surface area contributed by atoms with Gasteiger partial charge in [-0.3, -0.25) is 4.72 Å². The van der Waals surface area contributed by atoms with E-state index >= 15 is 0 Å². The molecule has 0 unspecified atom stereocenters. The van der Waals surface area contributed by atoms with Crippen molar-refractivity contribution in [1.82, 2.24) is 9.97 Å².